The zero-order chi connectivity index (χ0) is 20.1. The van der Waals surface area contributed by atoms with E-state index in [9.17, 15) is 0 Å². The molecule has 0 spiro atoms. The van der Waals surface area contributed by atoms with Gasteiger partial charge in [-0.2, -0.15) is 4.68 Å². The van der Waals surface area contributed by atoms with Crippen LogP contribution in [0.15, 0.2) is 59.1 Å². The summed E-state index contributed by atoms with van der Waals surface area (Å²) in [6.45, 7) is 2.64. The van der Waals surface area contributed by atoms with Crippen molar-refractivity contribution in [2.75, 3.05) is 13.7 Å². The number of thioether (sulfide) groups is 1. The molecular weight excluding hydrogens is 406 g/mol. The van der Waals surface area contributed by atoms with Gasteiger partial charge in [0.25, 0.3) is 0 Å². The van der Waals surface area contributed by atoms with Gasteiger partial charge in [0.15, 0.2) is 0 Å². The molecule has 0 saturated carbocycles. The zero-order valence-corrected chi connectivity index (χ0v) is 17.6. The predicted molar refractivity (Wildman–Crippen MR) is 114 cm³/mol. The number of tetrazole rings is 1. The van der Waals surface area contributed by atoms with Gasteiger partial charge < -0.3 is 9.47 Å². The summed E-state index contributed by atoms with van der Waals surface area (Å²) in [5.41, 5.74) is 2.96. The van der Waals surface area contributed by atoms with E-state index in [1.807, 2.05) is 55.5 Å². The summed E-state index contributed by atoms with van der Waals surface area (Å²) in [6, 6.07) is 15.6. The SMILES string of the molecule is CCOc1ccc(-c2nc(CSc3nnnn3-c3ccc(OC)cc3)cs2)cc1. The third kappa shape index (κ3) is 4.57. The first kappa shape index (κ1) is 19.4. The molecule has 148 valence electrons. The predicted octanol–water partition coefficient (Wildman–Crippen LogP) is 4.49. The van der Waals surface area contributed by atoms with Gasteiger partial charge >= 0.3 is 0 Å². The van der Waals surface area contributed by atoms with Crippen LogP contribution in [0.1, 0.15) is 12.6 Å². The Morgan fingerprint density at radius 2 is 1.79 bits per heavy atom. The van der Waals surface area contributed by atoms with E-state index in [1.54, 1.807) is 34.9 Å². The Morgan fingerprint density at radius 3 is 2.52 bits per heavy atom. The van der Waals surface area contributed by atoms with E-state index in [4.69, 9.17) is 14.5 Å². The number of thiazole rings is 1. The number of ether oxygens (including phenoxy) is 2. The van der Waals surface area contributed by atoms with Crippen LogP contribution in [0.2, 0.25) is 0 Å². The van der Waals surface area contributed by atoms with Crippen LogP contribution in [-0.2, 0) is 5.75 Å². The second kappa shape index (κ2) is 9.06. The van der Waals surface area contributed by atoms with Gasteiger partial charge in [0.05, 0.1) is 25.1 Å². The summed E-state index contributed by atoms with van der Waals surface area (Å²) in [5, 5.41) is 15.8. The lowest BCUT2D eigenvalue weighted by molar-refractivity contribution is 0.340. The van der Waals surface area contributed by atoms with Crippen molar-refractivity contribution in [1.29, 1.82) is 0 Å². The van der Waals surface area contributed by atoms with Crippen LogP contribution in [0.5, 0.6) is 11.5 Å². The molecule has 4 aromatic rings. The van der Waals surface area contributed by atoms with Crippen molar-refractivity contribution >= 4 is 23.1 Å². The van der Waals surface area contributed by atoms with Gasteiger partial charge in [-0.15, -0.1) is 16.4 Å². The lowest BCUT2D eigenvalue weighted by Gasteiger charge is -2.05. The Morgan fingerprint density at radius 1 is 1.03 bits per heavy atom. The van der Waals surface area contributed by atoms with Gasteiger partial charge in [-0.25, -0.2) is 4.98 Å². The highest BCUT2D eigenvalue weighted by atomic mass is 32.2. The highest BCUT2D eigenvalue weighted by Gasteiger charge is 2.11. The topological polar surface area (TPSA) is 75.0 Å². The third-order valence-electron chi connectivity index (χ3n) is 4.07. The number of nitrogens with zero attached hydrogens (tertiary/aromatic N) is 5. The Hall–Kier alpha value is -2.91. The minimum absolute atomic E-state index is 0.661. The van der Waals surface area contributed by atoms with Crippen molar-refractivity contribution in [3.63, 3.8) is 0 Å². The lowest BCUT2D eigenvalue weighted by Crippen LogP contribution is -1.99. The molecule has 0 radical (unpaired) electrons. The van der Waals surface area contributed by atoms with Crippen LogP contribution < -0.4 is 9.47 Å². The van der Waals surface area contributed by atoms with Crippen LogP contribution in [-0.4, -0.2) is 38.9 Å². The van der Waals surface area contributed by atoms with Gasteiger partial charge in [0.2, 0.25) is 5.16 Å². The van der Waals surface area contributed by atoms with Crippen molar-refractivity contribution < 1.29 is 9.47 Å². The molecule has 0 aliphatic carbocycles. The molecule has 0 atom stereocenters. The van der Waals surface area contributed by atoms with Crippen molar-refractivity contribution in [3.8, 4) is 27.8 Å². The van der Waals surface area contributed by atoms with E-state index in [-0.39, 0.29) is 0 Å². The van der Waals surface area contributed by atoms with E-state index in [1.165, 1.54) is 0 Å². The first-order valence-corrected chi connectivity index (χ1v) is 10.9. The molecule has 0 aliphatic heterocycles. The number of benzene rings is 2. The van der Waals surface area contributed by atoms with Crippen molar-refractivity contribution in [1.82, 2.24) is 25.2 Å². The lowest BCUT2D eigenvalue weighted by atomic mass is 10.2. The smallest absolute Gasteiger partial charge is 0.214 e. The molecule has 0 bridgehead atoms. The first-order chi connectivity index (χ1) is 14.3. The normalized spacial score (nSPS) is 10.8. The van der Waals surface area contributed by atoms with E-state index in [0.29, 0.717) is 17.5 Å². The third-order valence-corrected chi connectivity index (χ3v) is 5.96. The quantitative estimate of drug-likeness (QED) is 0.385. The maximum Gasteiger partial charge on any atom is 0.214 e. The molecule has 7 nitrogen and oxygen atoms in total. The van der Waals surface area contributed by atoms with Gasteiger partial charge in [0.1, 0.15) is 16.5 Å². The molecule has 0 unspecified atom stereocenters. The minimum Gasteiger partial charge on any atom is -0.497 e. The highest BCUT2D eigenvalue weighted by Crippen LogP contribution is 2.29. The first-order valence-electron chi connectivity index (χ1n) is 9.00. The van der Waals surface area contributed by atoms with Crippen molar-refractivity contribution in [3.05, 3.63) is 59.6 Å². The van der Waals surface area contributed by atoms with Crippen LogP contribution >= 0.6 is 23.1 Å². The van der Waals surface area contributed by atoms with Gasteiger partial charge in [-0.05, 0) is 65.9 Å². The zero-order valence-electron chi connectivity index (χ0n) is 16.0. The largest absolute Gasteiger partial charge is 0.497 e. The molecule has 0 saturated heterocycles. The Labute approximate surface area is 176 Å². The number of aromatic nitrogens is 5. The fourth-order valence-electron chi connectivity index (χ4n) is 2.66. The molecule has 0 aliphatic rings. The second-order valence-corrected chi connectivity index (χ2v) is 7.76. The number of hydrogen-bond donors (Lipinski definition) is 0. The Bertz CT molecular complexity index is 1060. The van der Waals surface area contributed by atoms with Gasteiger partial charge in [0, 0.05) is 16.7 Å². The summed E-state index contributed by atoms with van der Waals surface area (Å²) in [4.78, 5) is 4.74. The molecule has 9 heteroatoms. The summed E-state index contributed by atoms with van der Waals surface area (Å²) in [7, 11) is 1.64. The number of methoxy groups -OCH3 is 1. The average molecular weight is 426 g/mol. The monoisotopic (exact) mass is 425 g/mol. The molecule has 29 heavy (non-hydrogen) atoms. The van der Waals surface area contributed by atoms with Crippen LogP contribution in [0.25, 0.3) is 16.3 Å². The summed E-state index contributed by atoms with van der Waals surface area (Å²) < 4.78 is 12.4. The van der Waals surface area contributed by atoms with Gasteiger partial charge in [-0.1, -0.05) is 11.8 Å². The molecule has 2 heterocycles. The molecule has 2 aromatic carbocycles. The number of rotatable bonds is 8. The maximum atomic E-state index is 5.49. The van der Waals surface area contributed by atoms with Gasteiger partial charge in [-0.3, -0.25) is 0 Å². The summed E-state index contributed by atoms with van der Waals surface area (Å²) in [6.07, 6.45) is 0. The Kier molecular flexibility index (Phi) is 6.06. The molecular formula is C20H19N5O2S2. The second-order valence-electron chi connectivity index (χ2n) is 5.96. The van der Waals surface area contributed by atoms with E-state index in [0.717, 1.165) is 33.5 Å². The molecule has 0 amide bonds. The minimum atomic E-state index is 0.661. The standard InChI is InChI=1S/C20H19N5O2S2/c1-3-27-18-8-4-14(5-9-18)19-21-15(12-28-19)13-29-20-22-23-24-25(20)16-6-10-17(26-2)11-7-16/h4-12H,3,13H2,1-2H3. The highest BCUT2D eigenvalue weighted by molar-refractivity contribution is 7.98. The molecule has 2 aromatic heterocycles. The van der Waals surface area contributed by atoms with E-state index in [2.05, 4.69) is 20.9 Å². The van der Waals surface area contributed by atoms with Crippen molar-refractivity contribution in [2.45, 2.75) is 17.8 Å². The fraction of sp³-hybridized carbons (Fsp3) is 0.200. The molecule has 0 N–H and O–H groups in total. The van der Waals surface area contributed by atoms with Crippen molar-refractivity contribution in [2.24, 2.45) is 0 Å². The molecule has 0 fully saturated rings. The maximum absolute atomic E-state index is 5.49. The summed E-state index contributed by atoms with van der Waals surface area (Å²) >= 11 is 3.18. The van der Waals surface area contributed by atoms with E-state index >= 15 is 0 Å². The molecule has 4 rings (SSSR count). The fourth-order valence-corrected chi connectivity index (χ4v) is 4.37. The van der Waals surface area contributed by atoms with Crippen LogP contribution in [0, 0.1) is 0 Å². The van der Waals surface area contributed by atoms with Crippen LogP contribution in [0.4, 0.5) is 0 Å². The Balaban J connectivity index is 1.43. The summed E-state index contributed by atoms with van der Waals surface area (Å²) in [5.74, 6) is 2.35. The van der Waals surface area contributed by atoms with Crippen LogP contribution in [0.3, 0.4) is 0 Å². The number of hydrogen-bond acceptors (Lipinski definition) is 8. The average Bonchev–Trinajstić information content (AvgIpc) is 3.43. The van der Waals surface area contributed by atoms with E-state index < -0.39 is 0 Å².